The van der Waals surface area contributed by atoms with Crippen molar-refractivity contribution in [3.63, 3.8) is 0 Å². The Morgan fingerprint density at radius 2 is 1.59 bits per heavy atom. The van der Waals surface area contributed by atoms with Gasteiger partial charge >= 0.3 is 0 Å². The molecule has 1 heterocycles. The van der Waals surface area contributed by atoms with Crippen molar-refractivity contribution in [2.24, 2.45) is 0 Å². The second-order valence-corrected chi connectivity index (χ2v) is 15.9. The molecule has 1 aromatic heterocycles. The van der Waals surface area contributed by atoms with Crippen molar-refractivity contribution < 1.29 is 9.16 Å². The number of aromatic nitrogens is 1. The Labute approximate surface area is 202 Å². The first-order valence-electron chi connectivity index (χ1n) is 11.6. The minimum absolute atomic E-state index is 0.600. The highest BCUT2D eigenvalue weighted by Gasteiger charge is 2.44. The quantitative estimate of drug-likeness (QED) is 0.269. The zero-order chi connectivity index (χ0) is 23.5. The Morgan fingerprint density at radius 3 is 2.22 bits per heavy atom. The summed E-state index contributed by atoms with van der Waals surface area (Å²) in [5.74, 6) is 0.630. The van der Waals surface area contributed by atoms with Gasteiger partial charge in [-0.05, 0) is 57.9 Å². The standard InChI is InChI=1S/C27H36BrNO2Si/c1-18(2)32(19(3)4,20(5)6)31-14-13-21-9-8-10-22(15-21)24-17-27(30-7)29-26-12-11-23(28)16-25(24)26/h8-12,15-20H,13-14H2,1-7H3. The van der Waals surface area contributed by atoms with Gasteiger partial charge in [0.2, 0.25) is 5.88 Å². The molecule has 0 unspecified atom stereocenters. The lowest BCUT2D eigenvalue weighted by Crippen LogP contribution is -2.48. The number of hydrogen-bond donors (Lipinski definition) is 0. The molecule has 0 saturated heterocycles. The number of methoxy groups -OCH3 is 1. The van der Waals surface area contributed by atoms with Gasteiger partial charge in [-0.2, -0.15) is 0 Å². The molecule has 0 saturated carbocycles. The summed E-state index contributed by atoms with van der Waals surface area (Å²) in [5.41, 5.74) is 6.32. The smallest absolute Gasteiger partial charge is 0.214 e. The maximum Gasteiger partial charge on any atom is 0.214 e. The molecule has 0 bridgehead atoms. The van der Waals surface area contributed by atoms with Crippen LogP contribution < -0.4 is 4.74 Å². The average Bonchev–Trinajstić information content (AvgIpc) is 2.75. The van der Waals surface area contributed by atoms with E-state index < -0.39 is 8.32 Å². The van der Waals surface area contributed by atoms with E-state index in [1.165, 1.54) is 11.1 Å². The Balaban J connectivity index is 1.89. The maximum absolute atomic E-state index is 6.79. The van der Waals surface area contributed by atoms with Gasteiger partial charge in [-0.25, -0.2) is 4.98 Å². The van der Waals surface area contributed by atoms with Gasteiger partial charge < -0.3 is 9.16 Å². The van der Waals surface area contributed by atoms with E-state index >= 15 is 0 Å². The largest absolute Gasteiger partial charge is 0.481 e. The zero-order valence-corrected chi connectivity index (χ0v) is 23.0. The molecule has 0 aliphatic heterocycles. The summed E-state index contributed by atoms with van der Waals surface area (Å²) in [6, 6.07) is 17.0. The van der Waals surface area contributed by atoms with Gasteiger partial charge in [0, 0.05) is 22.5 Å². The highest BCUT2D eigenvalue weighted by atomic mass is 79.9. The molecule has 0 atom stereocenters. The second-order valence-electron chi connectivity index (χ2n) is 9.49. The fourth-order valence-electron chi connectivity index (χ4n) is 5.26. The lowest BCUT2D eigenvalue weighted by atomic mass is 9.98. The zero-order valence-electron chi connectivity index (χ0n) is 20.4. The molecule has 0 fully saturated rings. The Kier molecular flexibility index (Phi) is 8.18. The number of nitrogens with zero attached hydrogens (tertiary/aromatic N) is 1. The van der Waals surface area contributed by atoms with Crippen LogP contribution in [0.2, 0.25) is 16.6 Å². The second kappa shape index (κ2) is 10.5. The van der Waals surface area contributed by atoms with Crippen molar-refractivity contribution in [1.82, 2.24) is 4.98 Å². The summed E-state index contributed by atoms with van der Waals surface area (Å²) in [6.07, 6.45) is 0.915. The van der Waals surface area contributed by atoms with E-state index in [4.69, 9.17) is 9.16 Å². The van der Waals surface area contributed by atoms with E-state index in [-0.39, 0.29) is 0 Å². The number of hydrogen-bond acceptors (Lipinski definition) is 3. The minimum Gasteiger partial charge on any atom is -0.481 e. The van der Waals surface area contributed by atoms with Crippen molar-refractivity contribution in [2.75, 3.05) is 13.7 Å². The first-order chi connectivity index (χ1) is 15.2. The van der Waals surface area contributed by atoms with Crippen molar-refractivity contribution >= 4 is 35.2 Å². The highest BCUT2D eigenvalue weighted by molar-refractivity contribution is 9.10. The van der Waals surface area contributed by atoms with E-state index in [9.17, 15) is 0 Å². The molecule has 3 aromatic rings. The van der Waals surface area contributed by atoms with Crippen LogP contribution in [0.5, 0.6) is 5.88 Å². The van der Waals surface area contributed by atoms with E-state index in [1.54, 1.807) is 7.11 Å². The highest BCUT2D eigenvalue weighted by Crippen LogP contribution is 2.42. The molecule has 0 N–H and O–H groups in total. The first kappa shape index (κ1) is 24.9. The van der Waals surface area contributed by atoms with Gasteiger partial charge in [0.1, 0.15) is 0 Å². The van der Waals surface area contributed by atoms with Crippen LogP contribution in [0.3, 0.4) is 0 Å². The maximum atomic E-state index is 6.79. The molecule has 3 rings (SSSR count). The normalized spacial score (nSPS) is 12.3. The Bertz CT molecular complexity index is 1040. The third kappa shape index (κ3) is 5.10. The van der Waals surface area contributed by atoms with Crippen LogP contribution in [0.15, 0.2) is 53.0 Å². The lowest BCUT2D eigenvalue weighted by molar-refractivity contribution is 0.281. The minimum atomic E-state index is -1.84. The number of fused-ring (bicyclic) bond motifs is 1. The summed E-state index contributed by atoms with van der Waals surface area (Å²) >= 11 is 3.61. The summed E-state index contributed by atoms with van der Waals surface area (Å²) < 4.78 is 13.3. The van der Waals surface area contributed by atoms with Crippen LogP contribution in [-0.4, -0.2) is 27.0 Å². The Hall–Kier alpha value is -1.69. The van der Waals surface area contributed by atoms with Gasteiger partial charge in [-0.3, -0.25) is 0 Å². The fraction of sp³-hybridized carbons (Fsp3) is 0.444. The Morgan fingerprint density at radius 1 is 0.906 bits per heavy atom. The van der Waals surface area contributed by atoms with Gasteiger partial charge in [0.25, 0.3) is 0 Å². The molecular formula is C27H36BrNO2Si. The first-order valence-corrected chi connectivity index (χ1v) is 14.5. The molecule has 0 amide bonds. The van der Waals surface area contributed by atoms with Gasteiger partial charge in [-0.15, -0.1) is 0 Å². The molecule has 32 heavy (non-hydrogen) atoms. The number of pyridine rings is 1. The monoisotopic (exact) mass is 513 g/mol. The third-order valence-electron chi connectivity index (χ3n) is 6.64. The number of benzene rings is 2. The van der Waals surface area contributed by atoms with E-state index in [2.05, 4.69) is 92.8 Å². The molecular weight excluding hydrogens is 478 g/mol. The van der Waals surface area contributed by atoms with E-state index in [0.717, 1.165) is 34.0 Å². The van der Waals surface area contributed by atoms with Gasteiger partial charge in [0.05, 0.1) is 12.6 Å². The van der Waals surface area contributed by atoms with Crippen LogP contribution in [0.1, 0.15) is 47.1 Å². The molecule has 3 nitrogen and oxygen atoms in total. The van der Waals surface area contributed by atoms with Crippen molar-refractivity contribution in [2.45, 2.75) is 64.6 Å². The number of ether oxygens (including phenoxy) is 1. The summed E-state index contributed by atoms with van der Waals surface area (Å²) in [7, 11) is -0.178. The van der Waals surface area contributed by atoms with Crippen LogP contribution in [0.25, 0.3) is 22.0 Å². The predicted molar refractivity (Wildman–Crippen MR) is 142 cm³/mol. The number of halogens is 1. The molecule has 0 aliphatic rings. The van der Waals surface area contributed by atoms with Crippen molar-refractivity contribution in [3.8, 4) is 17.0 Å². The summed E-state index contributed by atoms with van der Waals surface area (Å²) in [4.78, 5) is 4.61. The SMILES string of the molecule is COc1cc(-c2cccc(CCO[Si](C(C)C)(C(C)C)C(C)C)c2)c2cc(Br)ccc2n1. The van der Waals surface area contributed by atoms with Crippen molar-refractivity contribution in [3.05, 3.63) is 58.6 Å². The fourth-order valence-corrected chi connectivity index (χ4v) is 11.1. The van der Waals surface area contributed by atoms with Crippen molar-refractivity contribution in [1.29, 1.82) is 0 Å². The van der Waals surface area contributed by atoms with Crippen LogP contribution >= 0.6 is 15.9 Å². The van der Waals surface area contributed by atoms with E-state index in [1.807, 2.05) is 18.2 Å². The molecule has 5 heteroatoms. The summed E-state index contributed by atoms with van der Waals surface area (Å²) in [6.45, 7) is 14.8. The van der Waals surface area contributed by atoms with Gasteiger partial charge in [-0.1, -0.05) is 81.7 Å². The van der Waals surface area contributed by atoms with Gasteiger partial charge in [0.15, 0.2) is 8.32 Å². The predicted octanol–water partition coefficient (Wildman–Crippen LogP) is 8.41. The number of rotatable bonds is 9. The van der Waals surface area contributed by atoms with Crippen LogP contribution in [0.4, 0.5) is 0 Å². The summed E-state index contributed by atoms with van der Waals surface area (Å²) in [5, 5.41) is 1.11. The van der Waals surface area contributed by atoms with Crippen LogP contribution in [-0.2, 0) is 10.8 Å². The average molecular weight is 515 g/mol. The molecule has 2 aromatic carbocycles. The molecule has 0 radical (unpaired) electrons. The van der Waals surface area contributed by atoms with Crippen LogP contribution in [0, 0.1) is 0 Å². The lowest BCUT2D eigenvalue weighted by Gasteiger charge is -2.42. The molecule has 172 valence electrons. The topological polar surface area (TPSA) is 31.4 Å². The third-order valence-corrected chi connectivity index (χ3v) is 13.3. The molecule has 0 aliphatic carbocycles. The van der Waals surface area contributed by atoms with E-state index in [0.29, 0.717) is 22.5 Å². The molecule has 0 spiro atoms.